The van der Waals surface area contributed by atoms with E-state index in [9.17, 15) is 4.79 Å². The van der Waals surface area contributed by atoms with Crippen molar-refractivity contribution in [1.29, 1.82) is 0 Å². The van der Waals surface area contributed by atoms with Crippen molar-refractivity contribution in [2.45, 2.75) is 19.3 Å². The first-order valence-corrected chi connectivity index (χ1v) is 6.93. The van der Waals surface area contributed by atoms with Gasteiger partial charge >= 0.3 is 0 Å². The standard InChI is InChI=1S/C15H22N2O2.ClH/c1-19-14-7-3-2-6-13(14)15(18)17-10-8-12-5-4-9-16-11-12;/h2-3,6-7,12,16H,4-5,8-11H2,1H3,(H,17,18);1H. The number of ether oxygens (including phenoxy) is 1. The van der Waals surface area contributed by atoms with Crippen LogP contribution < -0.4 is 15.4 Å². The molecule has 1 aliphatic heterocycles. The van der Waals surface area contributed by atoms with Gasteiger partial charge in [0.05, 0.1) is 12.7 Å². The summed E-state index contributed by atoms with van der Waals surface area (Å²) < 4.78 is 5.19. The molecule has 0 radical (unpaired) electrons. The number of halogens is 1. The number of benzene rings is 1. The normalized spacial score (nSPS) is 17.9. The maximum absolute atomic E-state index is 12.1. The number of hydrogen-bond donors (Lipinski definition) is 2. The smallest absolute Gasteiger partial charge is 0.255 e. The molecule has 1 atom stereocenters. The lowest BCUT2D eigenvalue weighted by Gasteiger charge is -2.22. The minimum absolute atomic E-state index is 0. The average Bonchev–Trinajstić information content (AvgIpc) is 2.48. The van der Waals surface area contributed by atoms with Gasteiger partial charge in [-0.1, -0.05) is 12.1 Å². The highest BCUT2D eigenvalue weighted by Gasteiger charge is 2.14. The Bertz CT molecular complexity index is 420. The van der Waals surface area contributed by atoms with Gasteiger partial charge in [-0.2, -0.15) is 0 Å². The summed E-state index contributed by atoms with van der Waals surface area (Å²) in [5.74, 6) is 1.26. The van der Waals surface area contributed by atoms with Crippen LogP contribution in [0.15, 0.2) is 24.3 Å². The fraction of sp³-hybridized carbons (Fsp3) is 0.533. The van der Waals surface area contributed by atoms with E-state index in [1.807, 2.05) is 12.1 Å². The van der Waals surface area contributed by atoms with Gasteiger partial charge in [-0.15, -0.1) is 12.4 Å². The molecule has 1 aromatic rings. The Morgan fingerprint density at radius 3 is 2.95 bits per heavy atom. The van der Waals surface area contributed by atoms with Crippen molar-refractivity contribution in [3.63, 3.8) is 0 Å². The molecule has 0 bridgehead atoms. The van der Waals surface area contributed by atoms with Crippen LogP contribution in [0.3, 0.4) is 0 Å². The minimum Gasteiger partial charge on any atom is -0.496 e. The summed E-state index contributed by atoms with van der Waals surface area (Å²) in [5.41, 5.74) is 0.603. The molecule has 0 saturated carbocycles. The Labute approximate surface area is 126 Å². The molecule has 1 unspecified atom stereocenters. The fourth-order valence-corrected chi connectivity index (χ4v) is 2.49. The second-order valence-corrected chi connectivity index (χ2v) is 4.96. The number of piperidine rings is 1. The Kier molecular flexibility index (Phi) is 7.41. The summed E-state index contributed by atoms with van der Waals surface area (Å²) in [6.07, 6.45) is 3.54. The van der Waals surface area contributed by atoms with Crippen LogP contribution in [0.25, 0.3) is 0 Å². The molecule has 1 saturated heterocycles. The lowest BCUT2D eigenvalue weighted by atomic mass is 9.96. The maximum atomic E-state index is 12.1. The number of amides is 1. The highest BCUT2D eigenvalue weighted by Crippen LogP contribution is 2.17. The van der Waals surface area contributed by atoms with Crippen molar-refractivity contribution in [3.05, 3.63) is 29.8 Å². The van der Waals surface area contributed by atoms with Crippen molar-refractivity contribution in [2.24, 2.45) is 5.92 Å². The van der Waals surface area contributed by atoms with Crippen LogP contribution >= 0.6 is 12.4 Å². The maximum Gasteiger partial charge on any atom is 0.255 e. The summed E-state index contributed by atoms with van der Waals surface area (Å²) in [4.78, 5) is 12.1. The molecule has 5 heteroatoms. The van der Waals surface area contributed by atoms with E-state index in [-0.39, 0.29) is 18.3 Å². The van der Waals surface area contributed by atoms with E-state index >= 15 is 0 Å². The summed E-state index contributed by atoms with van der Waals surface area (Å²) in [5, 5.41) is 6.36. The van der Waals surface area contributed by atoms with Crippen LogP contribution in [0, 0.1) is 5.92 Å². The zero-order valence-corrected chi connectivity index (χ0v) is 12.7. The SMILES string of the molecule is COc1ccccc1C(=O)NCCC1CCCNC1.Cl. The number of rotatable bonds is 5. The van der Waals surface area contributed by atoms with Gasteiger partial charge < -0.3 is 15.4 Å². The second kappa shape index (κ2) is 8.82. The number of para-hydroxylation sites is 1. The number of methoxy groups -OCH3 is 1. The highest BCUT2D eigenvalue weighted by molar-refractivity contribution is 5.96. The van der Waals surface area contributed by atoms with Crippen LogP contribution in [0.5, 0.6) is 5.75 Å². The van der Waals surface area contributed by atoms with E-state index in [4.69, 9.17) is 4.74 Å². The summed E-state index contributed by atoms with van der Waals surface area (Å²) in [6, 6.07) is 7.31. The van der Waals surface area contributed by atoms with Crippen molar-refractivity contribution >= 4 is 18.3 Å². The quantitative estimate of drug-likeness (QED) is 0.876. The Hall–Kier alpha value is -1.26. The third-order valence-electron chi connectivity index (χ3n) is 3.59. The third kappa shape index (κ3) is 4.69. The molecule has 4 nitrogen and oxygen atoms in total. The predicted octanol–water partition coefficient (Wildman–Crippen LogP) is 2.24. The first kappa shape index (κ1) is 16.8. The van der Waals surface area contributed by atoms with Gasteiger partial charge in [0.15, 0.2) is 0 Å². The highest BCUT2D eigenvalue weighted by atomic mass is 35.5. The lowest BCUT2D eigenvalue weighted by Crippen LogP contribution is -2.33. The molecule has 0 aromatic heterocycles. The van der Waals surface area contributed by atoms with Crippen LogP contribution in [-0.2, 0) is 0 Å². The molecule has 20 heavy (non-hydrogen) atoms. The van der Waals surface area contributed by atoms with E-state index in [0.717, 1.165) is 26.1 Å². The molecular weight excluding hydrogens is 276 g/mol. The van der Waals surface area contributed by atoms with Gasteiger partial charge in [0, 0.05) is 6.54 Å². The zero-order valence-electron chi connectivity index (χ0n) is 11.9. The summed E-state index contributed by atoms with van der Waals surface area (Å²) in [7, 11) is 1.58. The molecule has 2 rings (SSSR count). The number of carbonyl (C=O) groups is 1. The lowest BCUT2D eigenvalue weighted by molar-refractivity contribution is 0.0947. The van der Waals surface area contributed by atoms with Gasteiger partial charge in [0.1, 0.15) is 5.75 Å². The largest absolute Gasteiger partial charge is 0.496 e. The minimum atomic E-state index is -0.0544. The van der Waals surface area contributed by atoms with Crippen LogP contribution in [0.2, 0.25) is 0 Å². The number of nitrogens with one attached hydrogen (secondary N) is 2. The van der Waals surface area contributed by atoms with Crippen LogP contribution in [-0.4, -0.2) is 32.7 Å². The molecule has 112 valence electrons. The van der Waals surface area contributed by atoms with E-state index in [2.05, 4.69) is 10.6 Å². The van der Waals surface area contributed by atoms with Crippen molar-refractivity contribution < 1.29 is 9.53 Å². The van der Waals surface area contributed by atoms with E-state index in [1.165, 1.54) is 12.8 Å². The molecule has 1 amide bonds. The molecule has 0 spiro atoms. The van der Waals surface area contributed by atoms with E-state index < -0.39 is 0 Å². The molecule has 1 fully saturated rings. The number of carbonyl (C=O) groups excluding carboxylic acids is 1. The molecule has 1 aromatic carbocycles. The van der Waals surface area contributed by atoms with E-state index in [0.29, 0.717) is 17.2 Å². The zero-order chi connectivity index (χ0) is 13.5. The van der Waals surface area contributed by atoms with Gasteiger partial charge in [0.2, 0.25) is 0 Å². The van der Waals surface area contributed by atoms with Gasteiger partial charge in [-0.25, -0.2) is 0 Å². The number of hydrogen-bond acceptors (Lipinski definition) is 3. The predicted molar refractivity (Wildman–Crippen MR) is 82.8 cm³/mol. The molecular formula is C15H23ClN2O2. The van der Waals surface area contributed by atoms with Gasteiger partial charge in [0.25, 0.3) is 5.91 Å². The topological polar surface area (TPSA) is 50.4 Å². The first-order valence-electron chi connectivity index (χ1n) is 6.93. The fourth-order valence-electron chi connectivity index (χ4n) is 2.49. The third-order valence-corrected chi connectivity index (χ3v) is 3.59. The Balaban J connectivity index is 0.00000200. The van der Waals surface area contributed by atoms with Crippen LogP contribution in [0.1, 0.15) is 29.6 Å². The average molecular weight is 299 g/mol. The van der Waals surface area contributed by atoms with Crippen molar-refractivity contribution in [1.82, 2.24) is 10.6 Å². The summed E-state index contributed by atoms with van der Waals surface area (Å²) >= 11 is 0. The molecule has 0 aliphatic carbocycles. The molecule has 1 heterocycles. The Morgan fingerprint density at radius 2 is 2.25 bits per heavy atom. The van der Waals surface area contributed by atoms with E-state index in [1.54, 1.807) is 19.2 Å². The monoisotopic (exact) mass is 298 g/mol. The van der Waals surface area contributed by atoms with Crippen molar-refractivity contribution in [3.8, 4) is 5.75 Å². The molecule has 2 N–H and O–H groups in total. The summed E-state index contributed by atoms with van der Waals surface area (Å²) in [6.45, 7) is 2.93. The first-order chi connectivity index (χ1) is 9.31. The molecule has 1 aliphatic rings. The Morgan fingerprint density at radius 1 is 1.45 bits per heavy atom. The second-order valence-electron chi connectivity index (χ2n) is 4.96. The van der Waals surface area contributed by atoms with Gasteiger partial charge in [-0.05, 0) is 50.4 Å². The van der Waals surface area contributed by atoms with Gasteiger partial charge in [-0.3, -0.25) is 4.79 Å². The van der Waals surface area contributed by atoms with Crippen LogP contribution in [0.4, 0.5) is 0 Å². The van der Waals surface area contributed by atoms with Crippen molar-refractivity contribution in [2.75, 3.05) is 26.7 Å².